The minimum Gasteiger partial charge on any atom is -0.481 e. The topological polar surface area (TPSA) is 110 Å². The van der Waals surface area contributed by atoms with E-state index in [1.807, 2.05) is 0 Å². The van der Waals surface area contributed by atoms with Crippen molar-refractivity contribution in [2.75, 3.05) is 0 Å². The molecule has 3 rings (SSSR count). The van der Waals surface area contributed by atoms with Gasteiger partial charge >= 0.3 is 5.97 Å². The Morgan fingerprint density at radius 1 is 1.22 bits per heavy atom. The third-order valence-corrected chi connectivity index (χ3v) is 4.08. The van der Waals surface area contributed by atoms with E-state index in [0.717, 1.165) is 0 Å². The van der Waals surface area contributed by atoms with Crippen molar-refractivity contribution in [3.63, 3.8) is 0 Å². The molecule has 0 atom stereocenters. The van der Waals surface area contributed by atoms with Gasteiger partial charge in [0.1, 0.15) is 12.7 Å². The first-order valence-corrected chi connectivity index (χ1v) is 7.48. The van der Waals surface area contributed by atoms with Gasteiger partial charge in [0, 0.05) is 12.2 Å². The average molecular weight is 315 g/mol. The maximum absolute atomic E-state index is 12.2. The highest BCUT2D eigenvalue weighted by Gasteiger charge is 2.26. The lowest BCUT2D eigenvalue weighted by Crippen LogP contribution is -2.38. The third kappa shape index (κ3) is 3.53. The molecule has 0 aliphatic heterocycles. The maximum atomic E-state index is 12.2. The van der Waals surface area contributed by atoms with Crippen LogP contribution in [0.4, 0.5) is 0 Å². The number of aliphatic carboxylic acids is 1. The SMILES string of the molecule is O=C(NC1CCC(C(=O)O)CC1)c1ccc(-n2cncn2)nc1. The molecule has 1 fully saturated rings. The van der Waals surface area contributed by atoms with Gasteiger partial charge < -0.3 is 10.4 Å². The number of carboxylic acids is 1. The molecule has 8 nitrogen and oxygen atoms in total. The second-order valence-corrected chi connectivity index (χ2v) is 5.61. The van der Waals surface area contributed by atoms with Gasteiger partial charge in [-0.2, -0.15) is 5.10 Å². The first kappa shape index (κ1) is 15.1. The van der Waals surface area contributed by atoms with Gasteiger partial charge in [0.2, 0.25) is 0 Å². The number of carboxylic acid groups (broad SMARTS) is 1. The molecule has 2 N–H and O–H groups in total. The number of nitrogens with one attached hydrogen (secondary N) is 1. The largest absolute Gasteiger partial charge is 0.481 e. The van der Waals surface area contributed by atoms with Crippen LogP contribution in [0.3, 0.4) is 0 Å². The van der Waals surface area contributed by atoms with E-state index in [1.54, 1.807) is 12.1 Å². The van der Waals surface area contributed by atoms with Crippen LogP contribution in [0.5, 0.6) is 0 Å². The van der Waals surface area contributed by atoms with Crippen molar-refractivity contribution >= 4 is 11.9 Å². The van der Waals surface area contributed by atoms with E-state index in [4.69, 9.17) is 5.11 Å². The van der Waals surface area contributed by atoms with Crippen LogP contribution < -0.4 is 5.32 Å². The number of rotatable bonds is 4. The first-order valence-electron chi connectivity index (χ1n) is 7.48. The Morgan fingerprint density at radius 2 is 2.00 bits per heavy atom. The Bertz CT molecular complexity index is 676. The Balaban J connectivity index is 1.57. The van der Waals surface area contributed by atoms with Gasteiger partial charge in [0.15, 0.2) is 5.82 Å². The van der Waals surface area contributed by atoms with Crippen molar-refractivity contribution in [1.82, 2.24) is 25.1 Å². The molecule has 1 amide bonds. The molecule has 8 heteroatoms. The molecule has 2 aromatic heterocycles. The molecule has 0 saturated heterocycles. The fourth-order valence-corrected chi connectivity index (χ4v) is 2.74. The van der Waals surface area contributed by atoms with Crippen molar-refractivity contribution < 1.29 is 14.7 Å². The predicted molar refractivity (Wildman–Crippen MR) is 80.0 cm³/mol. The molecule has 1 aliphatic carbocycles. The van der Waals surface area contributed by atoms with E-state index in [2.05, 4.69) is 20.4 Å². The summed E-state index contributed by atoms with van der Waals surface area (Å²) in [7, 11) is 0. The summed E-state index contributed by atoms with van der Waals surface area (Å²) in [5.74, 6) is -0.642. The Kier molecular flexibility index (Phi) is 4.31. The average Bonchev–Trinajstić information content (AvgIpc) is 3.10. The number of carbonyl (C=O) groups excluding carboxylic acids is 1. The minimum absolute atomic E-state index is 0.0214. The molecular weight excluding hydrogens is 298 g/mol. The summed E-state index contributed by atoms with van der Waals surface area (Å²) in [5, 5.41) is 15.9. The van der Waals surface area contributed by atoms with Crippen LogP contribution in [0, 0.1) is 5.92 Å². The highest BCUT2D eigenvalue weighted by Crippen LogP contribution is 2.24. The van der Waals surface area contributed by atoms with Crippen molar-refractivity contribution in [1.29, 1.82) is 0 Å². The molecule has 23 heavy (non-hydrogen) atoms. The molecule has 120 valence electrons. The Hall–Kier alpha value is -2.77. The van der Waals surface area contributed by atoms with Crippen molar-refractivity contribution in [3.8, 4) is 5.82 Å². The maximum Gasteiger partial charge on any atom is 0.306 e. The molecule has 1 saturated carbocycles. The molecule has 0 unspecified atom stereocenters. The molecule has 0 spiro atoms. The van der Waals surface area contributed by atoms with Crippen LogP contribution in [0.15, 0.2) is 31.0 Å². The number of hydrogen-bond acceptors (Lipinski definition) is 5. The number of amides is 1. The van der Waals surface area contributed by atoms with E-state index in [0.29, 0.717) is 37.1 Å². The lowest BCUT2D eigenvalue weighted by Gasteiger charge is -2.26. The molecule has 0 aromatic carbocycles. The smallest absolute Gasteiger partial charge is 0.306 e. The van der Waals surface area contributed by atoms with Crippen molar-refractivity contribution in [2.24, 2.45) is 5.92 Å². The zero-order chi connectivity index (χ0) is 16.2. The van der Waals surface area contributed by atoms with Crippen molar-refractivity contribution in [2.45, 2.75) is 31.7 Å². The number of aromatic nitrogens is 4. The van der Waals surface area contributed by atoms with Gasteiger partial charge in [-0.05, 0) is 37.8 Å². The molecule has 2 heterocycles. The Morgan fingerprint density at radius 3 is 2.57 bits per heavy atom. The summed E-state index contributed by atoms with van der Waals surface area (Å²) in [4.78, 5) is 31.2. The zero-order valence-corrected chi connectivity index (χ0v) is 12.4. The fraction of sp³-hybridized carbons (Fsp3) is 0.400. The minimum atomic E-state index is -0.748. The molecule has 0 radical (unpaired) electrons. The summed E-state index contributed by atoms with van der Waals surface area (Å²) >= 11 is 0. The van der Waals surface area contributed by atoms with Gasteiger partial charge in [0.25, 0.3) is 5.91 Å². The van der Waals surface area contributed by atoms with Crippen LogP contribution in [0.1, 0.15) is 36.0 Å². The van der Waals surface area contributed by atoms with Gasteiger partial charge in [-0.25, -0.2) is 14.6 Å². The first-order chi connectivity index (χ1) is 11.1. The van der Waals surface area contributed by atoms with Gasteiger partial charge in [0.05, 0.1) is 11.5 Å². The molecule has 2 aromatic rings. The van der Waals surface area contributed by atoms with Crippen molar-refractivity contribution in [3.05, 3.63) is 36.5 Å². The third-order valence-electron chi connectivity index (χ3n) is 4.08. The van der Waals surface area contributed by atoms with E-state index in [1.165, 1.54) is 23.5 Å². The number of pyridine rings is 1. The summed E-state index contributed by atoms with van der Waals surface area (Å²) in [6.45, 7) is 0. The normalized spacial score (nSPS) is 20.9. The lowest BCUT2D eigenvalue weighted by atomic mass is 9.86. The second kappa shape index (κ2) is 6.55. The molecular formula is C15H17N5O3. The van der Waals surface area contributed by atoms with E-state index in [-0.39, 0.29) is 17.9 Å². The monoisotopic (exact) mass is 315 g/mol. The molecule has 0 bridgehead atoms. The van der Waals surface area contributed by atoms with Crippen LogP contribution in [0.25, 0.3) is 5.82 Å². The zero-order valence-electron chi connectivity index (χ0n) is 12.4. The van der Waals surface area contributed by atoms with E-state index < -0.39 is 5.97 Å². The fourth-order valence-electron chi connectivity index (χ4n) is 2.74. The van der Waals surface area contributed by atoms with E-state index in [9.17, 15) is 9.59 Å². The number of nitrogens with zero attached hydrogens (tertiary/aromatic N) is 4. The number of hydrogen-bond donors (Lipinski definition) is 2. The quantitative estimate of drug-likeness (QED) is 0.872. The van der Waals surface area contributed by atoms with Crippen LogP contribution in [-0.4, -0.2) is 42.8 Å². The lowest BCUT2D eigenvalue weighted by molar-refractivity contribution is -0.142. The van der Waals surface area contributed by atoms with Crippen LogP contribution in [0.2, 0.25) is 0 Å². The predicted octanol–water partition coefficient (Wildman–Crippen LogP) is 1.04. The number of carbonyl (C=O) groups is 2. The summed E-state index contributed by atoms with van der Waals surface area (Å²) in [5.41, 5.74) is 0.467. The van der Waals surface area contributed by atoms with Crippen LogP contribution in [-0.2, 0) is 4.79 Å². The van der Waals surface area contributed by atoms with Gasteiger partial charge in [-0.1, -0.05) is 0 Å². The summed E-state index contributed by atoms with van der Waals surface area (Å²) in [6.07, 6.45) is 7.02. The molecule has 1 aliphatic rings. The summed E-state index contributed by atoms with van der Waals surface area (Å²) in [6, 6.07) is 3.40. The van der Waals surface area contributed by atoms with Crippen LogP contribution >= 0.6 is 0 Å². The second-order valence-electron chi connectivity index (χ2n) is 5.61. The highest BCUT2D eigenvalue weighted by molar-refractivity contribution is 5.94. The van der Waals surface area contributed by atoms with Gasteiger partial charge in [-0.3, -0.25) is 9.59 Å². The standard InChI is InChI=1S/C15H17N5O3/c21-14(19-12-4-1-10(2-5-12)15(22)23)11-3-6-13(17-7-11)20-9-16-8-18-20/h3,6-10,12H,1-2,4-5H2,(H,19,21)(H,22,23). The Labute approximate surface area is 132 Å². The highest BCUT2D eigenvalue weighted by atomic mass is 16.4. The van der Waals surface area contributed by atoms with Gasteiger partial charge in [-0.15, -0.1) is 0 Å². The summed E-state index contributed by atoms with van der Waals surface area (Å²) < 4.78 is 1.51. The van der Waals surface area contributed by atoms with E-state index >= 15 is 0 Å².